The fourth-order valence-electron chi connectivity index (χ4n) is 1.83. The molecule has 0 saturated heterocycles. The van der Waals surface area contributed by atoms with Crippen molar-refractivity contribution in [1.82, 2.24) is 19.5 Å². The monoisotopic (exact) mass is 301 g/mol. The Bertz CT molecular complexity index is 773. The number of hydrogen-bond donors (Lipinski definition) is 1. The summed E-state index contributed by atoms with van der Waals surface area (Å²) in [6, 6.07) is 5.34. The summed E-state index contributed by atoms with van der Waals surface area (Å²) in [5.41, 5.74) is 7.32. The highest BCUT2D eigenvalue weighted by atomic mass is 35.5. The summed E-state index contributed by atoms with van der Waals surface area (Å²) >= 11 is 5.99. The van der Waals surface area contributed by atoms with Crippen molar-refractivity contribution in [2.45, 2.75) is 6.92 Å². The molecule has 0 unspecified atom stereocenters. The summed E-state index contributed by atoms with van der Waals surface area (Å²) in [6.07, 6.45) is 6.39. The van der Waals surface area contributed by atoms with Gasteiger partial charge in [-0.2, -0.15) is 4.98 Å². The summed E-state index contributed by atoms with van der Waals surface area (Å²) in [7, 11) is 0. The van der Waals surface area contributed by atoms with E-state index in [0.29, 0.717) is 22.3 Å². The van der Waals surface area contributed by atoms with Gasteiger partial charge in [0.2, 0.25) is 5.88 Å². The van der Waals surface area contributed by atoms with Crippen molar-refractivity contribution in [2.75, 3.05) is 5.73 Å². The largest absolute Gasteiger partial charge is 0.437 e. The Labute approximate surface area is 126 Å². The number of nitrogens with two attached hydrogens (primary N) is 1. The van der Waals surface area contributed by atoms with E-state index < -0.39 is 0 Å². The molecule has 1 aromatic carbocycles. The van der Waals surface area contributed by atoms with E-state index in [1.165, 1.54) is 6.33 Å². The Hall–Kier alpha value is -2.60. The van der Waals surface area contributed by atoms with Crippen LogP contribution in [0.25, 0.3) is 5.82 Å². The standard InChI is InChI=1S/C14H12ClN5O/c1-9-6-10(2-3-11(9)15)21-14-12(16)13(18-7-19-14)20-5-4-17-8-20/h2-8H,16H2,1H3. The molecule has 0 aliphatic heterocycles. The lowest BCUT2D eigenvalue weighted by molar-refractivity contribution is 0.463. The lowest BCUT2D eigenvalue weighted by Gasteiger charge is -2.11. The number of ether oxygens (including phenoxy) is 1. The average Bonchev–Trinajstić information content (AvgIpc) is 2.99. The van der Waals surface area contributed by atoms with Crippen molar-refractivity contribution in [3.63, 3.8) is 0 Å². The van der Waals surface area contributed by atoms with Crippen molar-refractivity contribution < 1.29 is 4.74 Å². The topological polar surface area (TPSA) is 78.9 Å². The first-order valence-corrected chi connectivity index (χ1v) is 6.56. The summed E-state index contributed by atoms with van der Waals surface area (Å²) in [6.45, 7) is 1.90. The van der Waals surface area contributed by atoms with Gasteiger partial charge in [0.25, 0.3) is 0 Å². The fourth-order valence-corrected chi connectivity index (χ4v) is 1.95. The molecular formula is C14H12ClN5O. The number of aryl methyl sites for hydroxylation is 1. The molecule has 0 aliphatic rings. The van der Waals surface area contributed by atoms with Crippen molar-refractivity contribution in [3.8, 4) is 17.4 Å². The molecule has 2 aromatic heterocycles. The van der Waals surface area contributed by atoms with E-state index in [0.717, 1.165) is 5.56 Å². The normalized spacial score (nSPS) is 10.6. The van der Waals surface area contributed by atoms with E-state index in [1.807, 2.05) is 13.0 Å². The van der Waals surface area contributed by atoms with Crippen LogP contribution in [0.4, 0.5) is 5.69 Å². The Morgan fingerprint density at radius 1 is 1.29 bits per heavy atom. The molecule has 3 aromatic rings. The number of aromatic nitrogens is 4. The smallest absolute Gasteiger partial charge is 0.248 e. The number of rotatable bonds is 3. The minimum atomic E-state index is 0.287. The predicted octanol–water partition coefficient (Wildman–Crippen LogP) is 3.00. The van der Waals surface area contributed by atoms with Gasteiger partial charge in [-0.15, -0.1) is 0 Å². The molecule has 0 amide bonds. The van der Waals surface area contributed by atoms with Crippen LogP contribution in [0.3, 0.4) is 0 Å². The SMILES string of the molecule is Cc1cc(Oc2ncnc(-n3ccnc3)c2N)ccc1Cl. The molecule has 0 bridgehead atoms. The molecule has 3 rings (SSSR count). The van der Waals surface area contributed by atoms with Gasteiger partial charge in [-0.25, -0.2) is 9.97 Å². The molecule has 0 atom stereocenters. The van der Waals surface area contributed by atoms with Crippen LogP contribution >= 0.6 is 11.6 Å². The molecular weight excluding hydrogens is 290 g/mol. The van der Waals surface area contributed by atoms with Crippen molar-refractivity contribution in [2.24, 2.45) is 0 Å². The Balaban J connectivity index is 1.96. The van der Waals surface area contributed by atoms with E-state index in [4.69, 9.17) is 22.1 Å². The second-order valence-electron chi connectivity index (χ2n) is 4.40. The molecule has 21 heavy (non-hydrogen) atoms. The van der Waals surface area contributed by atoms with E-state index in [9.17, 15) is 0 Å². The van der Waals surface area contributed by atoms with Gasteiger partial charge < -0.3 is 10.5 Å². The summed E-state index contributed by atoms with van der Waals surface area (Å²) in [5.74, 6) is 1.41. The van der Waals surface area contributed by atoms with Crippen LogP contribution in [-0.4, -0.2) is 19.5 Å². The Morgan fingerprint density at radius 3 is 2.86 bits per heavy atom. The molecule has 0 spiro atoms. The van der Waals surface area contributed by atoms with E-state index in [-0.39, 0.29) is 5.88 Å². The van der Waals surface area contributed by atoms with Gasteiger partial charge in [0.15, 0.2) is 5.82 Å². The maximum absolute atomic E-state index is 6.07. The number of benzene rings is 1. The minimum absolute atomic E-state index is 0.287. The Morgan fingerprint density at radius 2 is 2.14 bits per heavy atom. The van der Waals surface area contributed by atoms with Gasteiger partial charge >= 0.3 is 0 Å². The van der Waals surface area contributed by atoms with E-state index in [1.54, 1.807) is 35.4 Å². The van der Waals surface area contributed by atoms with Gasteiger partial charge in [-0.05, 0) is 30.7 Å². The van der Waals surface area contributed by atoms with Crippen molar-refractivity contribution in [3.05, 3.63) is 53.8 Å². The molecule has 7 heteroatoms. The van der Waals surface area contributed by atoms with Gasteiger partial charge in [0.1, 0.15) is 24.1 Å². The molecule has 6 nitrogen and oxygen atoms in total. The van der Waals surface area contributed by atoms with Crippen molar-refractivity contribution in [1.29, 1.82) is 0 Å². The molecule has 0 radical (unpaired) electrons. The third-order valence-electron chi connectivity index (χ3n) is 2.92. The zero-order valence-electron chi connectivity index (χ0n) is 11.2. The number of nitrogen functional groups attached to an aromatic ring is 1. The van der Waals surface area contributed by atoms with E-state index >= 15 is 0 Å². The van der Waals surface area contributed by atoms with Crippen molar-refractivity contribution >= 4 is 17.3 Å². The first kappa shape index (κ1) is 13.4. The second kappa shape index (κ2) is 5.41. The first-order chi connectivity index (χ1) is 10.1. The van der Waals surface area contributed by atoms with E-state index in [2.05, 4.69) is 15.0 Å². The van der Waals surface area contributed by atoms with Gasteiger partial charge in [-0.3, -0.25) is 4.57 Å². The molecule has 0 fully saturated rings. The number of halogens is 1. The molecule has 0 aliphatic carbocycles. The third kappa shape index (κ3) is 2.66. The van der Waals surface area contributed by atoms with Crippen LogP contribution in [-0.2, 0) is 0 Å². The van der Waals surface area contributed by atoms with Gasteiger partial charge in [-0.1, -0.05) is 11.6 Å². The number of hydrogen-bond acceptors (Lipinski definition) is 5. The summed E-state index contributed by atoms with van der Waals surface area (Å²) < 4.78 is 7.41. The summed E-state index contributed by atoms with van der Waals surface area (Å²) in [5, 5.41) is 0.678. The maximum Gasteiger partial charge on any atom is 0.248 e. The van der Waals surface area contributed by atoms with Crippen LogP contribution in [0.1, 0.15) is 5.56 Å². The van der Waals surface area contributed by atoms with Crippen LogP contribution in [0.2, 0.25) is 5.02 Å². The van der Waals surface area contributed by atoms with Crippen LogP contribution < -0.4 is 10.5 Å². The Kier molecular flexibility index (Phi) is 3.45. The number of nitrogens with zero attached hydrogens (tertiary/aromatic N) is 4. The fraction of sp³-hybridized carbons (Fsp3) is 0.0714. The van der Waals surface area contributed by atoms with Crippen LogP contribution in [0.15, 0.2) is 43.2 Å². The van der Waals surface area contributed by atoms with Crippen LogP contribution in [0.5, 0.6) is 11.6 Å². The lowest BCUT2D eigenvalue weighted by atomic mass is 10.2. The molecule has 2 N–H and O–H groups in total. The minimum Gasteiger partial charge on any atom is -0.437 e. The molecule has 106 valence electrons. The molecule has 2 heterocycles. The number of imidazole rings is 1. The summed E-state index contributed by atoms with van der Waals surface area (Å²) in [4.78, 5) is 12.2. The van der Waals surface area contributed by atoms with Gasteiger partial charge in [0.05, 0.1) is 0 Å². The average molecular weight is 302 g/mol. The van der Waals surface area contributed by atoms with Crippen LogP contribution in [0, 0.1) is 6.92 Å². The lowest BCUT2D eigenvalue weighted by Crippen LogP contribution is -2.04. The zero-order chi connectivity index (χ0) is 14.8. The highest BCUT2D eigenvalue weighted by molar-refractivity contribution is 6.31. The second-order valence-corrected chi connectivity index (χ2v) is 4.81. The molecule has 0 saturated carbocycles. The maximum atomic E-state index is 6.07. The third-order valence-corrected chi connectivity index (χ3v) is 3.34. The quantitative estimate of drug-likeness (QED) is 0.804. The highest BCUT2D eigenvalue weighted by Crippen LogP contribution is 2.30. The zero-order valence-corrected chi connectivity index (χ0v) is 11.9. The number of anilines is 1. The predicted molar refractivity (Wildman–Crippen MR) is 79.8 cm³/mol. The first-order valence-electron chi connectivity index (χ1n) is 6.18. The van der Waals surface area contributed by atoms with Gasteiger partial charge in [0, 0.05) is 17.4 Å². The highest BCUT2D eigenvalue weighted by Gasteiger charge is 2.12.